The lowest BCUT2D eigenvalue weighted by Crippen LogP contribution is -2.04. The van der Waals surface area contributed by atoms with E-state index in [0.29, 0.717) is 18.1 Å². The molecule has 7 heteroatoms. The first-order chi connectivity index (χ1) is 8.83. The van der Waals surface area contributed by atoms with Gasteiger partial charge in [0.2, 0.25) is 11.8 Å². The van der Waals surface area contributed by atoms with Gasteiger partial charge in [-0.1, -0.05) is 6.07 Å². The molecule has 0 saturated carbocycles. The van der Waals surface area contributed by atoms with Gasteiger partial charge in [0.05, 0.1) is 12.8 Å². The highest BCUT2D eigenvalue weighted by Gasteiger charge is 2.09. The molecule has 0 radical (unpaired) electrons. The second-order valence-electron chi connectivity index (χ2n) is 3.70. The van der Waals surface area contributed by atoms with E-state index in [1.54, 1.807) is 17.5 Å². The van der Waals surface area contributed by atoms with Gasteiger partial charge < -0.3 is 10.5 Å². The van der Waals surface area contributed by atoms with Crippen molar-refractivity contribution in [2.75, 3.05) is 12.3 Å². The van der Waals surface area contributed by atoms with E-state index in [9.17, 15) is 0 Å². The van der Waals surface area contributed by atoms with Crippen LogP contribution in [0.2, 0.25) is 0 Å². The summed E-state index contributed by atoms with van der Waals surface area (Å²) in [6.45, 7) is 0.553. The molecule has 0 unspecified atom stereocenters. The molecule has 0 fully saturated rings. The average molecular weight is 261 g/mol. The number of aromatic nitrogens is 4. The van der Waals surface area contributed by atoms with Gasteiger partial charge in [-0.25, -0.2) is 0 Å². The SMILES string of the molecule is Nc1nc(OCCc2cccs2)c2cn[nH]c2n1. The third-order valence-electron chi connectivity index (χ3n) is 2.46. The van der Waals surface area contributed by atoms with Crippen LogP contribution in [0.4, 0.5) is 5.95 Å². The number of anilines is 1. The maximum Gasteiger partial charge on any atom is 0.229 e. The molecule has 18 heavy (non-hydrogen) atoms. The molecular formula is C11H11N5OS. The number of fused-ring (bicyclic) bond motifs is 1. The molecule has 3 aromatic heterocycles. The molecule has 92 valence electrons. The number of H-pyrrole nitrogens is 1. The zero-order valence-corrected chi connectivity index (χ0v) is 10.3. The Hall–Kier alpha value is -2.15. The van der Waals surface area contributed by atoms with Crippen LogP contribution < -0.4 is 10.5 Å². The van der Waals surface area contributed by atoms with Crippen LogP contribution >= 0.6 is 11.3 Å². The van der Waals surface area contributed by atoms with Crippen molar-refractivity contribution >= 4 is 28.3 Å². The van der Waals surface area contributed by atoms with Crippen molar-refractivity contribution in [1.29, 1.82) is 0 Å². The van der Waals surface area contributed by atoms with Crippen LogP contribution in [0.25, 0.3) is 11.0 Å². The minimum Gasteiger partial charge on any atom is -0.477 e. The first-order valence-corrected chi connectivity index (χ1v) is 6.32. The third-order valence-corrected chi connectivity index (χ3v) is 3.40. The van der Waals surface area contributed by atoms with Crippen molar-refractivity contribution in [3.05, 3.63) is 28.6 Å². The normalized spacial score (nSPS) is 10.9. The molecular weight excluding hydrogens is 250 g/mol. The Morgan fingerprint density at radius 2 is 2.33 bits per heavy atom. The summed E-state index contributed by atoms with van der Waals surface area (Å²) < 4.78 is 5.65. The molecule has 3 aromatic rings. The summed E-state index contributed by atoms with van der Waals surface area (Å²) in [6.07, 6.45) is 2.48. The third kappa shape index (κ3) is 2.12. The topological polar surface area (TPSA) is 89.7 Å². The molecule has 0 amide bonds. The first-order valence-electron chi connectivity index (χ1n) is 5.45. The minimum absolute atomic E-state index is 0.179. The molecule has 3 N–H and O–H groups in total. The van der Waals surface area contributed by atoms with Crippen molar-refractivity contribution < 1.29 is 4.74 Å². The molecule has 0 aromatic carbocycles. The maximum absolute atomic E-state index is 5.65. The van der Waals surface area contributed by atoms with E-state index in [1.165, 1.54) is 4.88 Å². The summed E-state index contributed by atoms with van der Waals surface area (Å²) in [4.78, 5) is 9.38. The van der Waals surface area contributed by atoms with Gasteiger partial charge in [-0.3, -0.25) is 5.10 Å². The fourth-order valence-electron chi connectivity index (χ4n) is 1.64. The standard InChI is InChI=1S/C11H11N5OS/c12-11-14-9-8(6-13-16-9)10(15-11)17-4-3-7-2-1-5-18-7/h1-2,5-6H,3-4H2,(H3,12,13,14,15,16). The van der Waals surface area contributed by atoms with Crippen molar-refractivity contribution in [3.63, 3.8) is 0 Å². The molecule has 0 atom stereocenters. The van der Waals surface area contributed by atoms with Crippen LogP contribution in [-0.2, 0) is 6.42 Å². The van der Waals surface area contributed by atoms with Gasteiger partial charge in [0, 0.05) is 11.3 Å². The molecule has 0 spiro atoms. The zero-order valence-electron chi connectivity index (χ0n) is 9.46. The summed E-state index contributed by atoms with van der Waals surface area (Å²) in [5.41, 5.74) is 6.19. The van der Waals surface area contributed by atoms with E-state index in [2.05, 4.69) is 26.2 Å². The lowest BCUT2D eigenvalue weighted by atomic mass is 10.3. The molecule has 0 aliphatic heterocycles. The quantitative estimate of drug-likeness (QED) is 0.744. The number of thiophene rings is 1. The molecule has 0 saturated heterocycles. The zero-order chi connectivity index (χ0) is 12.4. The minimum atomic E-state index is 0.179. The number of nitrogen functional groups attached to an aromatic ring is 1. The Morgan fingerprint density at radius 1 is 1.39 bits per heavy atom. The molecule has 0 aliphatic carbocycles. The fourth-order valence-corrected chi connectivity index (χ4v) is 2.33. The number of hydrogen-bond donors (Lipinski definition) is 2. The van der Waals surface area contributed by atoms with Gasteiger partial charge in [-0.05, 0) is 11.4 Å². The number of ether oxygens (including phenoxy) is 1. The van der Waals surface area contributed by atoms with E-state index in [1.807, 2.05) is 11.4 Å². The van der Waals surface area contributed by atoms with Crippen LogP contribution in [0.5, 0.6) is 5.88 Å². The molecule has 6 nitrogen and oxygen atoms in total. The van der Waals surface area contributed by atoms with E-state index in [-0.39, 0.29) is 5.95 Å². The van der Waals surface area contributed by atoms with E-state index < -0.39 is 0 Å². The van der Waals surface area contributed by atoms with Gasteiger partial charge in [-0.15, -0.1) is 11.3 Å². The van der Waals surface area contributed by atoms with E-state index in [0.717, 1.165) is 11.8 Å². The van der Waals surface area contributed by atoms with Crippen molar-refractivity contribution in [2.45, 2.75) is 6.42 Å². The second-order valence-corrected chi connectivity index (χ2v) is 4.73. The smallest absolute Gasteiger partial charge is 0.229 e. The molecule has 0 bridgehead atoms. The predicted octanol–water partition coefficient (Wildman–Crippen LogP) is 1.62. The number of nitrogens with two attached hydrogens (primary N) is 1. The lowest BCUT2D eigenvalue weighted by Gasteiger charge is -2.05. The van der Waals surface area contributed by atoms with Gasteiger partial charge in [-0.2, -0.15) is 15.1 Å². The lowest BCUT2D eigenvalue weighted by molar-refractivity contribution is 0.315. The van der Waals surface area contributed by atoms with Gasteiger partial charge in [0.25, 0.3) is 0 Å². The Bertz CT molecular complexity index is 649. The van der Waals surface area contributed by atoms with Crippen LogP contribution in [0.1, 0.15) is 4.88 Å². The summed E-state index contributed by atoms with van der Waals surface area (Å²) >= 11 is 1.71. The number of nitrogens with one attached hydrogen (secondary N) is 1. The monoisotopic (exact) mass is 261 g/mol. The van der Waals surface area contributed by atoms with Crippen molar-refractivity contribution in [3.8, 4) is 5.88 Å². The Kier molecular flexibility index (Phi) is 2.81. The van der Waals surface area contributed by atoms with Crippen molar-refractivity contribution in [2.24, 2.45) is 0 Å². The average Bonchev–Trinajstić information content (AvgIpc) is 2.98. The van der Waals surface area contributed by atoms with Crippen molar-refractivity contribution in [1.82, 2.24) is 20.2 Å². The summed E-state index contributed by atoms with van der Waals surface area (Å²) in [5.74, 6) is 0.653. The van der Waals surface area contributed by atoms with E-state index >= 15 is 0 Å². The van der Waals surface area contributed by atoms with Gasteiger partial charge in [0.15, 0.2) is 5.65 Å². The molecule has 3 rings (SSSR count). The highest BCUT2D eigenvalue weighted by Crippen LogP contribution is 2.21. The maximum atomic E-state index is 5.65. The van der Waals surface area contributed by atoms with Gasteiger partial charge in [0.1, 0.15) is 5.39 Å². The highest BCUT2D eigenvalue weighted by molar-refractivity contribution is 7.09. The molecule has 3 heterocycles. The Morgan fingerprint density at radius 3 is 3.17 bits per heavy atom. The largest absolute Gasteiger partial charge is 0.477 e. The van der Waals surface area contributed by atoms with Crippen LogP contribution in [0, 0.1) is 0 Å². The molecule has 0 aliphatic rings. The van der Waals surface area contributed by atoms with Crippen LogP contribution in [0.15, 0.2) is 23.7 Å². The predicted molar refractivity (Wildman–Crippen MR) is 69.6 cm³/mol. The fraction of sp³-hybridized carbons (Fsp3) is 0.182. The number of aromatic amines is 1. The summed E-state index contributed by atoms with van der Waals surface area (Å²) in [7, 11) is 0. The Balaban J connectivity index is 1.75. The highest BCUT2D eigenvalue weighted by atomic mass is 32.1. The summed E-state index contributed by atoms with van der Waals surface area (Å²) in [5, 5.41) is 9.44. The van der Waals surface area contributed by atoms with Gasteiger partial charge >= 0.3 is 0 Å². The number of rotatable bonds is 4. The summed E-state index contributed by atoms with van der Waals surface area (Å²) in [6, 6.07) is 4.10. The van der Waals surface area contributed by atoms with E-state index in [4.69, 9.17) is 10.5 Å². The number of hydrogen-bond acceptors (Lipinski definition) is 6. The number of nitrogens with zero attached hydrogens (tertiary/aromatic N) is 3. The Labute approximate surface area is 107 Å². The van der Waals surface area contributed by atoms with Crippen LogP contribution in [0.3, 0.4) is 0 Å². The first kappa shape index (κ1) is 11.0. The van der Waals surface area contributed by atoms with Crippen LogP contribution in [-0.4, -0.2) is 26.8 Å². The second kappa shape index (κ2) is 4.61.